The van der Waals surface area contributed by atoms with E-state index >= 15 is 0 Å². The van der Waals surface area contributed by atoms with Crippen molar-refractivity contribution in [3.05, 3.63) is 59.9 Å². The van der Waals surface area contributed by atoms with Gasteiger partial charge in [0.25, 0.3) is 0 Å². The molecule has 0 fully saturated rings. The Morgan fingerprint density at radius 3 is 2.59 bits per heavy atom. The predicted molar refractivity (Wildman–Crippen MR) is 65.8 cm³/mol. The van der Waals surface area contributed by atoms with Crippen LogP contribution in [-0.2, 0) is 0 Å². The smallest absolute Gasteiger partial charge is 0.123 e. The fourth-order valence-corrected chi connectivity index (χ4v) is 1.76. The molecule has 0 heterocycles. The van der Waals surface area contributed by atoms with Crippen LogP contribution in [0.2, 0.25) is 0 Å². The van der Waals surface area contributed by atoms with Crippen LogP contribution in [-0.4, -0.2) is 10.9 Å². The third kappa shape index (κ3) is 2.33. The lowest BCUT2D eigenvalue weighted by Crippen LogP contribution is -1.97. The lowest BCUT2D eigenvalue weighted by molar-refractivity contribution is 0.319. The lowest BCUT2D eigenvalue weighted by atomic mass is 9.97. The SMILES string of the molecule is C/C(=N\O)c1ccccc1-c1cccc(F)c1. The van der Waals surface area contributed by atoms with Crippen molar-refractivity contribution in [1.82, 2.24) is 0 Å². The molecule has 0 atom stereocenters. The minimum atomic E-state index is -0.282. The van der Waals surface area contributed by atoms with Crippen molar-refractivity contribution < 1.29 is 9.60 Å². The Hall–Kier alpha value is -2.16. The Morgan fingerprint density at radius 2 is 1.88 bits per heavy atom. The summed E-state index contributed by atoms with van der Waals surface area (Å²) in [5.74, 6) is -0.282. The molecule has 2 rings (SSSR count). The summed E-state index contributed by atoms with van der Waals surface area (Å²) in [7, 11) is 0. The van der Waals surface area contributed by atoms with E-state index in [1.165, 1.54) is 12.1 Å². The molecular weight excluding hydrogens is 217 g/mol. The van der Waals surface area contributed by atoms with Crippen molar-refractivity contribution in [2.75, 3.05) is 0 Å². The molecule has 3 heteroatoms. The molecular formula is C14H12FNO. The van der Waals surface area contributed by atoms with Crippen molar-refractivity contribution in [3.8, 4) is 11.1 Å². The molecule has 0 radical (unpaired) electrons. The van der Waals surface area contributed by atoms with E-state index in [4.69, 9.17) is 5.21 Å². The zero-order chi connectivity index (χ0) is 12.3. The zero-order valence-corrected chi connectivity index (χ0v) is 9.39. The molecule has 0 saturated carbocycles. The third-order valence-corrected chi connectivity index (χ3v) is 2.60. The molecule has 2 nitrogen and oxygen atoms in total. The van der Waals surface area contributed by atoms with Crippen molar-refractivity contribution in [3.63, 3.8) is 0 Å². The number of oxime groups is 1. The van der Waals surface area contributed by atoms with E-state index in [9.17, 15) is 4.39 Å². The summed E-state index contributed by atoms with van der Waals surface area (Å²) in [6.07, 6.45) is 0. The zero-order valence-electron chi connectivity index (χ0n) is 9.39. The first-order chi connectivity index (χ1) is 8.22. The van der Waals surface area contributed by atoms with Gasteiger partial charge in [-0.2, -0.15) is 0 Å². The molecule has 0 bridgehead atoms. The Balaban J connectivity index is 2.60. The van der Waals surface area contributed by atoms with Crippen LogP contribution >= 0.6 is 0 Å². The van der Waals surface area contributed by atoms with Gasteiger partial charge >= 0.3 is 0 Å². The summed E-state index contributed by atoms with van der Waals surface area (Å²) in [4.78, 5) is 0. The number of benzene rings is 2. The second-order valence-corrected chi connectivity index (χ2v) is 3.74. The number of hydrogen-bond acceptors (Lipinski definition) is 2. The highest BCUT2D eigenvalue weighted by Crippen LogP contribution is 2.24. The maximum absolute atomic E-state index is 13.2. The molecule has 86 valence electrons. The van der Waals surface area contributed by atoms with Gasteiger partial charge in [0, 0.05) is 5.56 Å². The van der Waals surface area contributed by atoms with E-state index in [0.717, 1.165) is 16.7 Å². The molecule has 0 aliphatic carbocycles. The molecule has 0 spiro atoms. The molecule has 1 N–H and O–H groups in total. The Labute approximate surface area is 99.0 Å². The first kappa shape index (κ1) is 11.3. The lowest BCUT2D eigenvalue weighted by Gasteiger charge is -2.08. The maximum Gasteiger partial charge on any atom is 0.123 e. The van der Waals surface area contributed by atoms with Gasteiger partial charge in [0.1, 0.15) is 5.82 Å². The van der Waals surface area contributed by atoms with E-state index in [1.807, 2.05) is 30.3 Å². The number of hydrogen-bond donors (Lipinski definition) is 1. The number of nitrogens with zero attached hydrogens (tertiary/aromatic N) is 1. The molecule has 0 aliphatic heterocycles. The van der Waals surface area contributed by atoms with Gasteiger partial charge in [-0.3, -0.25) is 0 Å². The highest BCUT2D eigenvalue weighted by atomic mass is 19.1. The van der Waals surface area contributed by atoms with Gasteiger partial charge in [0.2, 0.25) is 0 Å². The summed E-state index contributed by atoms with van der Waals surface area (Å²) in [6.45, 7) is 1.71. The van der Waals surface area contributed by atoms with Crippen LogP contribution in [0.4, 0.5) is 4.39 Å². The summed E-state index contributed by atoms with van der Waals surface area (Å²) < 4.78 is 13.2. The highest BCUT2D eigenvalue weighted by Gasteiger charge is 2.07. The van der Waals surface area contributed by atoms with Gasteiger partial charge in [-0.1, -0.05) is 41.6 Å². The Bertz CT molecular complexity index is 564. The molecule has 2 aromatic rings. The average Bonchev–Trinajstić information content (AvgIpc) is 2.38. The van der Waals surface area contributed by atoms with E-state index in [-0.39, 0.29) is 5.82 Å². The minimum Gasteiger partial charge on any atom is -0.411 e. The van der Waals surface area contributed by atoms with Gasteiger partial charge in [-0.15, -0.1) is 0 Å². The summed E-state index contributed by atoms with van der Waals surface area (Å²) >= 11 is 0. The Kier molecular flexibility index (Phi) is 3.19. The second kappa shape index (κ2) is 4.78. The van der Waals surface area contributed by atoms with Gasteiger partial charge < -0.3 is 5.21 Å². The van der Waals surface area contributed by atoms with Crippen molar-refractivity contribution >= 4 is 5.71 Å². The quantitative estimate of drug-likeness (QED) is 0.475. The first-order valence-electron chi connectivity index (χ1n) is 5.26. The molecule has 0 aromatic heterocycles. The molecule has 0 saturated heterocycles. The van der Waals surface area contributed by atoms with E-state index in [2.05, 4.69) is 5.16 Å². The average molecular weight is 229 g/mol. The van der Waals surface area contributed by atoms with Crippen LogP contribution in [0.15, 0.2) is 53.7 Å². The van der Waals surface area contributed by atoms with Gasteiger partial charge in [0.05, 0.1) is 5.71 Å². The summed E-state index contributed by atoms with van der Waals surface area (Å²) in [5, 5.41) is 12.0. The normalized spacial score (nSPS) is 11.5. The highest BCUT2D eigenvalue weighted by molar-refractivity contribution is 6.04. The van der Waals surface area contributed by atoms with E-state index < -0.39 is 0 Å². The summed E-state index contributed by atoms with van der Waals surface area (Å²) in [5.41, 5.74) is 2.91. The van der Waals surface area contributed by atoms with Crippen molar-refractivity contribution in [1.29, 1.82) is 0 Å². The standard InChI is InChI=1S/C14H12FNO/c1-10(16-17)13-7-2-3-8-14(13)11-5-4-6-12(15)9-11/h2-9,17H,1H3/b16-10+. The van der Waals surface area contributed by atoms with Crippen LogP contribution in [0.1, 0.15) is 12.5 Å². The second-order valence-electron chi connectivity index (χ2n) is 3.74. The van der Waals surface area contributed by atoms with Crippen molar-refractivity contribution in [2.45, 2.75) is 6.92 Å². The van der Waals surface area contributed by atoms with Gasteiger partial charge in [-0.25, -0.2) is 4.39 Å². The summed E-state index contributed by atoms with van der Waals surface area (Å²) in [6, 6.07) is 13.8. The fourth-order valence-electron chi connectivity index (χ4n) is 1.76. The predicted octanol–water partition coefficient (Wildman–Crippen LogP) is 3.69. The maximum atomic E-state index is 13.2. The molecule has 0 unspecified atom stereocenters. The van der Waals surface area contributed by atoms with E-state index in [1.54, 1.807) is 13.0 Å². The van der Waals surface area contributed by atoms with Crippen LogP contribution in [0.25, 0.3) is 11.1 Å². The third-order valence-electron chi connectivity index (χ3n) is 2.60. The van der Waals surface area contributed by atoms with Crippen LogP contribution in [0.3, 0.4) is 0 Å². The molecule has 0 amide bonds. The number of rotatable bonds is 2. The van der Waals surface area contributed by atoms with Crippen LogP contribution in [0, 0.1) is 5.82 Å². The molecule has 2 aromatic carbocycles. The molecule has 0 aliphatic rings. The fraction of sp³-hybridized carbons (Fsp3) is 0.0714. The minimum absolute atomic E-state index is 0.282. The van der Waals surface area contributed by atoms with Gasteiger partial charge in [-0.05, 0) is 30.2 Å². The van der Waals surface area contributed by atoms with Crippen LogP contribution < -0.4 is 0 Å². The monoisotopic (exact) mass is 229 g/mol. The number of halogens is 1. The molecule has 17 heavy (non-hydrogen) atoms. The topological polar surface area (TPSA) is 32.6 Å². The van der Waals surface area contributed by atoms with E-state index in [0.29, 0.717) is 5.71 Å². The largest absolute Gasteiger partial charge is 0.411 e. The Morgan fingerprint density at radius 1 is 1.12 bits per heavy atom. The van der Waals surface area contributed by atoms with Crippen molar-refractivity contribution in [2.24, 2.45) is 5.16 Å². The van der Waals surface area contributed by atoms with Crippen LogP contribution in [0.5, 0.6) is 0 Å². The first-order valence-corrected chi connectivity index (χ1v) is 5.26. The van der Waals surface area contributed by atoms with Gasteiger partial charge in [0.15, 0.2) is 0 Å².